The largest absolute Gasteiger partial charge is 0.363 e. The Balaban J connectivity index is 3.79. The van der Waals surface area contributed by atoms with E-state index in [1.54, 1.807) is 0 Å². The topological polar surface area (TPSA) is 60.2 Å². The molecule has 0 aliphatic rings. The summed E-state index contributed by atoms with van der Waals surface area (Å²) in [4.78, 5) is 21.9. The van der Waals surface area contributed by atoms with Gasteiger partial charge in [0.05, 0.1) is 0 Å². The summed E-state index contributed by atoms with van der Waals surface area (Å²) >= 11 is 0. The third kappa shape index (κ3) is 5.00. The van der Waals surface area contributed by atoms with Crippen molar-refractivity contribution in [3.63, 3.8) is 0 Å². The lowest BCUT2D eigenvalue weighted by Gasteiger charge is -2.10. The van der Waals surface area contributed by atoms with Crippen LogP contribution in [0.1, 0.15) is 52.4 Å². The number of nitrogens with two attached hydrogens (primary N) is 1. The summed E-state index contributed by atoms with van der Waals surface area (Å²) in [5.74, 6) is -1.33. The van der Waals surface area contributed by atoms with E-state index in [1.165, 1.54) is 12.8 Å². The van der Waals surface area contributed by atoms with Crippen LogP contribution in [-0.2, 0) is 9.59 Å². The van der Waals surface area contributed by atoms with Gasteiger partial charge < -0.3 is 5.73 Å². The molecule has 0 rings (SSSR count). The van der Waals surface area contributed by atoms with Crippen LogP contribution in [0, 0.1) is 5.92 Å². The Morgan fingerprint density at radius 1 is 1.14 bits per heavy atom. The van der Waals surface area contributed by atoms with Gasteiger partial charge in [0.15, 0.2) is 0 Å². The molecule has 0 saturated heterocycles. The van der Waals surface area contributed by atoms with Crippen LogP contribution in [0.3, 0.4) is 0 Å². The first-order chi connectivity index (χ1) is 6.63. The molecule has 82 valence electrons. The molecule has 1 amide bonds. The Kier molecular flexibility index (Phi) is 7.07. The minimum absolute atomic E-state index is 0.149. The molecule has 0 radical (unpaired) electrons. The first-order valence-electron chi connectivity index (χ1n) is 5.47. The van der Waals surface area contributed by atoms with Gasteiger partial charge in [-0.15, -0.1) is 0 Å². The summed E-state index contributed by atoms with van der Waals surface area (Å²) in [5.41, 5.74) is 4.95. The molecule has 14 heavy (non-hydrogen) atoms. The van der Waals surface area contributed by atoms with E-state index in [-0.39, 0.29) is 5.92 Å². The Hall–Kier alpha value is -0.860. The smallest absolute Gasteiger partial charge is 0.285 e. The van der Waals surface area contributed by atoms with Crippen molar-refractivity contribution in [1.29, 1.82) is 0 Å². The maximum atomic E-state index is 11.3. The second kappa shape index (κ2) is 7.54. The van der Waals surface area contributed by atoms with E-state index in [0.29, 0.717) is 6.42 Å². The quantitative estimate of drug-likeness (QED) is 0.480. The Morgan fingerprint density at radius 2 is 1.79 bits per heavy atom. The average molecular weight is 199 g/mol. The summed E-state index contributed by atoms with van der Waals surface area (Å²) in [5, 5.41) is 0. The minimum atomic E-state index is -0.785. The van der Waals surface area contributed by atoms with Gasteiger partial charge in [-0.3, -0.25) is 9.59 Å². The zero-order chi connectivity index (χ0) is 11.0. The predicted octanol–water partition coefficient (Wildman–Crippen LogP) is 2.04. The molecule has 0 aliphatic heterocycles. The zero-order valence-corrected chi connectivity index (χ0v) is 9.21. The third-order valence-corrected chi connectivity index (χ3v) is 2.51. The normalized spacial score (nSPS) is 12.4. The lowest BCUT2D eigenvalue weighted by Crippen LogP contribution is -2.29. The molecule has 0 aliphatic carbocycles. The number of hydrogen-bond acceptors (Lipinski definition) is 2. The number of hydrogen-bond donors (Lipinski definition) is 1. The van der Waals surface area contributed by atoms with E-state index in [2.05, 4.69) is 6.92 Å². The Morgan fingerprint density at radius 3 is 2.21 bits per heavy atom. The van der Waals surface area contributed by atoms with Gasteiger partial charge in [0.1, 0.15) is 0 Å². The highest BCUT2D eigenvalue weighted by atomic mass is 16.2. The maximum absolute atomic E-state index is 11.3. The fraction of sp³-hybridized carbons (Fsp3) is 0.818. The van der Waals surface area contributed by atoms with Crippen molar-refractivity contribution in [2.24, 2.45) is 11.7 Å². The molecule has 0 aromatic carbocycles. The molecule has 3 heteroatoms. The van der Waals surface area contributed by atoms with E-state index in [1.807, 2.05) is 6.92 Å². The highest BCUT2D eigenvalue weighted by Gasteiger charge is 2.20. The molecule has 0 spiro atoms. The highest BCUT2D eigenvalue weighted by molar-refractivity contribution is 6.36. The lowest BCUT2D eigenvalue weighted by atomic mass is 9.94. The van der Waals surface area contributed by atoms with Crippen LogP contribution >= 0.6 is 0 Å². The van der Waals surface area contributed by atoms with Gasteiger partial charge in [-0.25, -0.2) is 0 Å². The van der Waals surface area contributed by atoms with Crippen molar-refractivity contribution < 1.29 is 9.59 Å². The molecular weight excluding hydrogens is 178 g/mol. The van der Waals surface area contributed by atoms with Crippen LogP contribution in [0.4, 0.5) is 0 Å². The highest BCUT2D eigenvalue weighted by Crippen LogP contribution is 2.15. The Labute approximate surface area is 86.1 Å². The van der Waals surface area contributed by atoms with Gasteiger partial charge >= 0.3 is 0 Å². The van der Waals surface area contributed by atoms with Crippen molar-refractivity contribution in [2.75, 3.05) is 0 Å². The van der Waals surface area contributed by atoms with Crippen molar-refractivity contribution >= 4 is 11.7 Å². The molecule has 0 aromatic heterocycles. The van der Waals surface area contributed by atoms with Crippen LogP contribution < -0.4 is 5.73 Å². The third-order valence-electron chi connectivity index (χ3n) is 2.51. The summed E-state index contributed by atoms with van der Waals surface area (Å²) in [7, 11) is 0. The SMILES string of the molecule is CCCCCCC(CC)C(=O)C(N)=O. The number of carbonyl (C=O) groups excluding carboxylic acids is 2. The van der Waals surface area contributed by atoms with Gasteiger partial charge in [-0.05, 0) is 12.8 Å². The van der Waals surface area contributed by atoms with Gasteiger partial charge in [-0.1, -0.05) is 39.5 Å². The fourth-order valence-corrected chi connectivity index (χ4v) is 1.54. The van der Waals surface area contributed by atoms with Crippen molar-refractivity contribution in [2.45, 2.75) is 52.4 Å². The van der Waals surface area contributed by atoms with E-state index >= 15 is 0 Å². The summed E-state index contributed by atoms with van der Waals surface area (Å²) in [6.07, 6.45) is 6.05. The molecular formula is C11H21NO2. The second-order valence-corrected chi connectivity index (χ2v) is 3.68. The molecule has 1 unspecified atom stereocenters. The van der Waals surface area contributed by atoms with Crippen LogP contribution in [0.15, 0.2) is 0 Å². The number of rotatable bonds is 8. The maximum Gasteiger partial charge on any atom is 0.285 e. The number of Topliss-reactive ketones (excluding diaryl/α,β-unsaturated/α-hetero) is 1. The molecule has 0 aromatic rings. The fourth-order valence-electron chi connectivity index (χ4n) is 1.54. The number of unbranched alkanes of at least 4 members (excludes halogenated alkanes) is 3. The predicted molar refractivity (Wildman–Crippen MR) is 56.7 cm³/mol. The number of primary amides is 1. The van der Waals surface area contributed by atoms with Crippen LogP contribution in [0.2, 0.25) is 0 Å². The lowest BCUT2D eigenvalue weighted by molar-refractivity contribution is -0.138. The molecule has 0 fully saturated rings. The van der Waals surface area contributed by atoms with Gasteiger partial charge in [0.25, 0.3) is 5.91 Å². The molecule has 0 saturated carbocycles. The van der Waals surface area contributed by atoms with Gasteiger partial charge in [0.2, 0.25) is 5.78 Å². The van der Waals surface area contributed by atoms with Crippen LogP contribution in [-0.4, -0.2) is 11.7 Å². The number of carbonyl (C=O) groups is 2. The molecule has 3 nitrogen and oxygen atoms in total. The van der Waals surface area contributed by atoms with Crippen molar-refractivity contribution in [3.05, 3.63) is 0 Å². The monoisotopic (exact) mass is 199 g/mol. The van der Waals surface area contributed by atoms with E-state index < -0.39 is 11.7 Å². The zero-order valence-electron chi connectivity index (χ0n) is 9.21. The minimum Gasteiger partial charge on any atom is -0.363 e. The second-order valence-electron chi connectivity index (χ2n) is 3.68. The molecule has 0 heterocycles. The van der Waals surface area contributed by atoms with Gasteiger partial charge in [-0.2, -0.15) is 0 Å². The van der Waals surface area contributed by atoms with Crippen LogP contribution in [0.25, 0.3) is 0 Å². The average Bonchev–Trinajstić information content (AvgIpc) is 2.17. The standard InChI is InChI=1S/C11H21NO2/c1-3-5-6-7-8-9(4-2)10(13)11(12)14/h9H,3-8H2,1-2H3,(H2,12,14). The first-order valence-corrected chi connectivity index (χ1v) is 5.47. The summed E-state index contributed by atoms with van der Waals surface area (Å²) < 4.78 is 0. The van der Waals surface area contributed by atoms with Crippen molar-refractivity contribution in [1.82, 2.24) is 0 Å². The molecule has 0 bridgehead atoms. The van der Waals surface area contributed by atoms with E-state index in [4.69, 9.17) is 5.73 Å². The summed E-state index contributed by atoms with van der Waals surface area (Å²) in [6, 6.07) is 0. The van der Waals surface area contributed by atoms with Gasteiger partial charge in [0, 0.05) is 5.92 Å². The first kappa shape index (κ1) is 13.1. The number of ketones is 1. The molecule has 1 atom stereocenters. The summed E-state index contributed by atoms with van der Waals surface area (Å²) in [6.45, 7) is 4.07. The molecule has 2 N–H and O–H groups in total. The van der Waals surface area contributed by atoms with E-state index in [0.717, 1.165) is 19.3 Å². The van der Waals surface area contributed by atoms with Crippen molar-refractivity contribution in [3.8, 4) is 0 Å². The van der Waals surface area contributed by atoms with Crippen LogP contribution in [0.5, 0.6) is 0 Å². The number of amides is 1. The Bertz CT molecular complexity index is 190. The van der Waals surface area contributed by atoms with E-state index in [9.17, 15) is 9.59 Å².